The van der Waals surface area contributed by atoms with Crippen molar-refractivity contribution in [2.75, 3.05) is 22.1 Å². The smallest absolute Gasteiger partial charge is 0.271 e. The third kappa shape index (κ3) is 4.41. The zero-order chi connectivity index (χ0) is 19.4. The first-order valence-electron chi connectivity index (χ1n) is 8.66. The maximum absolute atomic E-state index is 12.3. The Hall–Kier alpha value is -3.42. The number of benzene rings is 2. The van der Waals surface area contributed by atoms with Crippen LogP contribution in [0.2, 0.25) is 0 Å². The molecule has 0 spiro atoms. The molecule has 1 aliphatic rings. The quantitative estimate of drug-likeness (QED) is 0.602. The number of nitro groups is 1. The molecule has 27 heavy (non-hydrogen) atoms. The predicted molar refractivity (Wildman–Crippen MR) is 103 cm³/mol. The highest BCUT2D eigenvalue weighted by molar-refractivity contribution is 5.97. The number of nitrogens with one attached hydrogen (secondary N) is 2. The van der Waals surface area contributed by atoms with Crippen LogP contribution in [0.1, 0.15) is 19.8 Å². The molecule has 0 aliphatic carbocycles. The first kappa shape index (κ1) is 18.4. The molecule has 0 unspecified atom stereocenters. The number of carbonyl (C=O) groups is 2. The molecule has 1 atom stereocenters. The van der Waals surface area contributed by atoms with Crippen molar-refractivity contribution in [1.29, 1.82) is 0 Å². The molecular formula is C19H20N4O4. The van der Waals surface area contributed by atoms with Crippen LogP contribution in [0.5, 0.6) is 0 Å². The highest BCUT2D eigenvalue weighted by Gasteiger charge is 2.21. The lowest BCUT2D eigenvalue weighted by Crippen LogP contribution is -2.31. The van der Waals surface area contributed by atoms with Crippen molar-refractivity contribution in [2.24, 2.45) is 0 Å². The van der Waals surface area contributed by atoms with Gasteiger partial charge in [-0.25, -0.2) is 0 Å². The molecule has 2 aromatic carbocycles. The maximum atomic E-state index is 12.3. The number of anilines is 3. The van der Waals surface area contributed by atoms with E-state index in [0.29, 0.717) is 12.1 Å². The summed E-state index contributed by atoms with van der Waals surface area (Å²) in [4.78, 5) is 36.2. The predicted octanol–water partition coefficient (Wildman–Crippen LogP) is 3.16. The van der Waals surface area contributed by atoms with E-state index < -0.39 is 11.0 Å². The molecule has 0 aromatic heterocycles. The van der Waals surface area contributed by atoms with Crippen molar-refractivity contribution in [3.8, 4) is 0 Å². The van der Waals surface area contributed by atoms with Gasteiger partial charge in [-0.1, -0.05) is 6.07 Å². The molecular weight excluding hydrogens is 348 g/mol. The van der Waals surface area contributed by atoms with Crippen LogP contribution in [0, 0.1) is 10.1 Å². The van der Waals surface area contributed by atoms with E-state index >= 15 is 0 Å². The van der Waals surface area contributed by atoms with Crippen LogP contribution in [-0.4, -0.2) is 29.3 Å². The number of carbonyl (C=O) groups excluding carboxylic acids is 2. The number of non-ortho nitro benzene ring substituents is 1. The molecule has 1 fully saturated rings. The van der Waals surface area contributed by atoms with Gasteiger partial charge < -0.3 is 15.5 Å². The number of hydrogen-bond acceptors (Lipinski definition) is 5. The summed E-state index contributed by atoms with van der Waals surface area (Å²) in [7, 11) is 0. The van der Waals surface area contributed by atoms with E-state index in [1.807, 2.05) is 24.3 Å². The molecule has 2 aromatic rings. The molecule has 0 radical (unpaired) electrons. The highest BCUT2D eigenvalue weighted by Crippen LogP contribution is 2.23. The second kappa shape index (κ2) is 7.86. The topological polar surface area (TPSA) is 105 Å². The molecule has 1 aliphatic heterocycles. The number of nitro benzene ring substituents is 1. The first-order chi connectivity index (χ1) is 12.9. The fourth-order valence-electron chi connectivity index (χ4n) is 2.92. The maximum Gasteiger partial charge on any atom is 0.271 e. The van der Waals surface area contributed by atoms with Gasteiger partial charge in [0.2, 0.25) is 11.8 Å². The summed E-state index contributed by atoms with van der Waals surface area (Å²) < 4.78 is 0. The molecule has 0 bridgehead atoms. The van der Waals surface area contributed by atoms with Crippen LogP contribution in [0.25, 0.3) is 0 Å². The average molecular weight is 368 g/mol. The van der Waals surface area contributed by atoms with Crippen molar-refractivity contribution in [3.05, 3.63) is 58.6 Å². The normalized spacial score (nSPS) is 14.7. The van der Waals surface area contributed by atoms with E-state index in [1.54, 1.807) is 17.9 Å². The van der Waals surface area contributed by atoms with Gasteiger partial charge in [0.25, 0.3) is 5.69 Å². The van der Waals surface area contributed by atoms with Gasteiger partial charge in [0.1, 0.15) is 6.04 Å². The van der Waals surface area contributed by atoms with Crippen LogP contribution < -0.4 is 15.5 Å². The van der Waals surface area contributed by atoms with Crippen LogP contribution in [0.15, 0.2) is 48.5 Å². The average Bonchev–Trinajstić information content (AvgIpc) is 3.08. The minimum absolute atomic E-state index is 0.0829. The van der Waals surface area contributed by atoms with E-state index in [0.717, 1.165) is 24.3 Å². The number of rotatable bonds is 6. The minimum Gasteiger partial charge on any atom is -0.374 e. The summed E-state index contributed by atoms with van der Waals surface area (Å²) in [6.07, 6.45) is 1.45. The van der Waals surface area contributed by atoms with Gasteiger partial charge >= 0.3 is 0 Å². The summed E-state index contributed by atoms with van der Waals surface area (Å²) in [5.41, 5.74) is 1.87. The lowest BCUT2D eigenvalue weighted by molar-refractivity contribution is -0.384. The fraction of sp³-hybridized carbons (Fsp3) is 0.263. The highest BCUT2D eigenvalue weighted by atomic mass is 16.6. The number of amides is 2. The van der Waals surface area contributed by atoms with Gasteiger partial charge in [0, 0.05) is 42.2 Å². The van der Waals surface area contributed by atoms with Gasteiger partial charge in [-0.15, -0.1) is 0 Å². The van der Waals surface area contributed by atoms with Gasteiger partial charge in [0.05, 0.1) is 4.92 Å². The molecule has 1 saturated heterocycles. The lowest BCUT2D eigenvalue weighted by Gasteiger charge is -2.18. The Morgan fingerprint density at radius 1 is 1.19 bits per heavy atom. The second-order valence-corrected chi connectivity index (χ2v) is 6.36. The summed E-state index contributed by atoms with van der Waals surface area (Å²) in [5, 5.41) is 16.6. The standard InChI is InChI=1S/C19H20N4O4/c1-13(19(25)21-15-4-2-5-17(12-15)23(26)27)20-14-7-9-16(10-8-14)22-11-3-6-18(22)24/h2,4-5,7-10,12-13,20H,3,6,11H2,1H3,(H,21,25)/t13-/m0/s1. The van der Waals surface area contributed by atoms with Gasteiger partial charge in [-0.3, -0.25) is 19.7 Å². The summed E-state index contributed by atoms with van der Waals surface area (Å²) in [5.74, 6) is -0.185. The Morgan fingerprint density at radius 2 is 1.93 bits per heavy atom. The van der Waals surface area contributed by atoms with Crippen LogP contribution >= 0.6 is 0 Å². The molecule has 0 saturated carbocycles. The molecule has 140 valence electrons. The monoisotopic (exact) mass is 368 g/mol. The molecule has 8 nitrogen and oxygen atoms in total. The van der Waals surface area contributed by atoms with E-state index in [2.05, 4.69) is 10.6 Å². The zero-order valence-corrected chi connectivity index (χ0v) is 14.8. The van der Waals surface area contributed by atoms with E-state index in [9.17, 15) is 19.7 Å². The SMILES string of the molecule is C[C@H](Nc1ccc(N2CCCC2=O)cc1)C(=O)Nc1cccc([N+](=O)[O-])c1. The van der Waals surface area contributed by atoms with Gasteiger partial charge in [-0.05, 0) is 43.7 Å². The molecule has 2 N–H and O–H groups in total. The first-order valence-corrected chi connectivity index (χ1v) is 8.66. The second-order valence-electron chi connectivity index (χ2n) is 6.36. The van der Waals surface area contributed by atoms with Crippen molar-refractivity contribution in [3.63, 3.8) is 0 Å². The minimum atomic E-state index is -0.552. The fourth-order valence-corrected chi connectivity index (χ4v) is 2.92. The summed E-state index contributed by atoms with van der Waals surface area (Å²) in [6.45, 7) is 2.43. The van der Waals surface area contributed by atoms with Crippen molar-refractivity contribution < 1.29 is 14.5 Å². The van der Waals surface area contributed by atoms with E-state index in [-0.39, 0.29) is 17.5 Å². The molecule has 1 heterocycles. The largest absolute Gasteiger partial charge is 0.374 e. The van der Waals surface area contributed by atoms with Gasteiger partial charge in [-0.2, -0.15) is 0 Å². The summed E-state index contributed by atoms with van der Waals surface area (Å²) >= 11 is 0. The van der Waals surface area contributed by atoms with Crippen molar-refractivity contribution in [2.45, 2.75) is 25.8 Å². The van der Waals surface area contributed by atoms with Gasteiger partial charge in [0.15, 0.2) is 0 Å². The van der Waals surface area contributed by atoms with E-state index in [1.165, 1.54) is 18.2 Å². The molecule has 3 rings (SSSR count). The third-order valence-electron chi connectivity index (χ3n) is 4.35. The van der Waals surface area contributed by atoms with Crippen molar-refractivity contribution >= 4 is 34.6 Å². The Kier molecular flexibility index (Phi) is 5.35. The number of nitrogens with zero attached hydrogens (tertiary/aromatic N) is 2. The summed E-state index contributed by atoms with van der Waals surface area (Å²) in [6, 6.07) is 12.6. The van der Waals surface area contributed by atoms with Crippen LogP contribution in [0.3, 0.4) is 0 Å². The lowest BCUT2D eigenvalue weighted by atomic mass is 10.2. The Morgan fingerprint density at radius 3 is 2.56 bits per heavy atom. The zero-order valence-electron chi connectivity index (χ0n) is 14.8. The van der Waals surface area contributed by atoms with Crippen LogP contribution in [0.4, 0.5) is 22.7 Å². The van der Waals surface area contributed by atoms with Crippen molar-refractivity contribution in [1.82, 2.24) is 0 Å². The molecule has 8 heteroatoms. The van der Waals surface area contributed by atoms with E-state index in [4.69, 9.17) is 0 Å². The Bertz CT molecular complexity index is 866. The molecule has 2 amide bonds. The Labute approximate surface area is 156 Å². The number of hydrogen-bond donors (Lipinski definition) is 2. The van der Waals surface area contributed by atoms with Crippen LogP contribution in [-0.2, 0) is 9.59 Å². The Balaban J connectivity index is 1.60. The third-order valence-corrected chi connectivity index (χ3v) is 4.35.